The third-order valence-electron chi connectivity index (χ3n) is 3.40. The molecule has 1 heterocycles. The van der Waals surface area contributed by atoms with Crippen LogP contribution in [0.15, 0.2) is 65.4 Å². The van der Waals surface area contributed by atoms with E-state index < -0.39 is 0 Å². The highest BCUT2D eigenvalue weighted by Crippen LogP contribution is 2.25. The van der Waals surface area contributed by atoms with Gasteiger partial charge in [-0.25, -0.2) is 0 Å². The minimum atomic E-state index is -0.0449. The van der Waals surface area contributed by atoms with Crippen LogP contribution in [0, 0.1) is 3.57 Å². The first-order valence-corrected chi connectivity index (χ1v) is 8.90. The van der Waals surface area contributed by atoms with Crippen molar-refractivity contribution in [1.29, 1.82) is 0 Å². The Morgan fingerprint density at radius 2 is 1.82 bits per heavy atom. The van der Waals surface area contributed by atoms with Crippen LogP contribution in [0.4, 0.5) is 0 Å². The summed E-state index contributed by atoms with van der Waals surface area (Å²) in [5, 5.41) is 7.19. The van der Waals surface area contributed by atoms with Crippen LogP contribution >= 0.6 is 33.9 Å². The number of carbonyl (C=O) groups excluding carboxylic acids is 1. The molecule has 2 nitrogen and oxygen atoms in total. The molecule has 110 valence electrons. The normalized spacial score (nSPS) is 10.4. The second kappa shape index (κ2) is 7.07. The van der Waals surface area contributed by atoms with Crippen molar-refractivity contribution < 1.29 is 4.79 Å². The number of rotatable bonds is 4. The lowest BCUT2D eigenvalue weighted by Crippen LogP contribution is -2.23. The molecule has 0 aliphatic rings. The molecular formula is C18H14INOS. The fraction of sp³-hybridized carbons (Fsp3) is 0.0556. The van der Waals surface area contributed by atoms with Gasteiger partial charge in [-0.15, -0.1) is 0 Å². The average molecular weight is 419 g/mol. The van der Waals surface area contributed by atoms with E-state index >= 15 is 0 Å². The van der Waals surface area contributed by atoms with Crippen molar-refractivity contribution in [2.45, 2.75) is 6.54 Å². The summed E-state index contributed by atoms with van der Waals surface area (Å²) in [6, 6.07) is 17.9. The number of hydrogen-bond acceptors (Lipinski definition) is 2. The van der Waals surface area contributed by atoms with E-state index in [1.165, 1.54) is 11.1 Å². The second-order valence-electron chi connectivity index (χ2n) is 4.86. The molecule has 3 aromatic rings. The number of nitrogens with one attached hydrogen (secondary N) is 1. The Hall–Kier alpha value is -1.66. The largest absolute Gasteiger partial charge is 0.348 e. The first kappa shape index (κ1) is 15.2. The van der Waals surface area contributed by atoms with Crippen LogP contribution in [0.25, 0.3) is 11.1 Å². The van der Waals surface area contributed by atoms with Crippen LogP contribution in [0.1, 0.15) is 15.9 Å². The molecule has 0 atom stereocenters. The quantitative estimate of drug-likeness (QED) is 0.596. The van der Waals surface area contributed by atoms with Crippen molar-refractivity contribution in [2.75, 3.05) is 0 Å². The number of carbonyl (C=O) groups is 1. The summed E-state index contributed by atoms with van der Waals surface area (Å²) >= 11 is 3.91. The number of hydrogen-bond donors (Lipinski definition) is 1. The molecule has 0 fully saturated rings. The molecule has 0 saturated heterocycles. The molecule has 0 bridgehead atoms. The first-order chi connectivity index (χ1) is 10.7. The molecule has 3 rings (SSSR count). The Bertz CT molecular complexity index is 766. The Morgan fingerprint density at radius 1 is 1.05 bits per heavy atom. The summed E-state index contributed by atoms with van der Waals surface area (Å²) in [5.41, 5.74) is 4.18. The van der Waals surface area contributed by atoms with Gasteiger partial charge in [0.1, 0.15) is 0 Å². The summed E-state index contributed by atoms with van der Waals surface area (Å²) in [6.45, 7) is 0.525. The topological polar surface area (TPSA) is 29.1 Å². The fourth-order valence-corrected chi connectivity index (χ4v) is 3.27. The van der Waals surface area contributed by atoms with Gasteiger partial charge in [-0.2, -0.15) is 11.3 Å². The maximum absolute atomic E-state index is 12.2. The molecule has 0 unspecified atom stereocenters. The number of amides is 1. The van der Waals surface area contributed by atoms with E-state index in [-0.39, 0.29) is 5.91 Å². The predicted octanol–water partition coefficient (Wildman–Crippen LogP) is 4.95. The van der Waals surface area contributed by atoms with Gasteiger partial charge in [0.25, 0.3) is 5.91 Å². The Balaban J connectivity index is 1.74. The summed E-state index contributed by atoms with van der Waals surface area (Å²) in [7, 11) is 0. The van der Waals surface area contributed by atoms with Crippen LogP contribution in [-0.4, -0.2) is 5.91 Å². The van der Waals surface area contributed by atoms with Crippen LogP contribution in [0.5, 0.6) is 0 Å². The van der Waals surface area contributed by atoms with E-state index in [9.17, 15) is 4.79 Å². The smallest absolute Gasteiger partial charge is 0.251 e. The Labute approximate surface area is 147 Å². The molecule has 0 radical (unpaired) electrons. The molecule has 4 heteroatoms. The first-order valence-electron chi connectivity index (χ1n) is 6.88. The molecular weight excluding hydrogens is 405 g/mol. The minimum absolute atomic E-state index is 0.0449. The maximum Gasteiger partial charge on any atom is 0.251 e. The van der Waals surface area contributed by atoms with Crippen LogP contribution in [-0.2, 0) is 6.54 Å². The van der Waals surface area contributed by atoms with Gasteiger partial charge in [-0.3, -0.25) is 4.79 Å². The van der Waals surface area contributed by atoms with Crippen molar-refractivity contribution >= 4 is 39.8 Å². The van der Waals surface area contributed by atoms with E-state index in [0.29, 0.717) is 12.1 Å². The predicted molar refractivity (Wildman–Crippen MR) is 100 cm³/mol. The molecule has 1 N–H and O–H groups in total. The SMILES string of the molecule is O=C(NCc1ccccc1-c1ccsc1)c1ccc(I)cc1. The molecule has 2 aromatic carbocycles. The second-order valence-corrected chi connectivity index (χ2v) is 6.88. The monoisotopic (exact) mass is 419 g/mol. The maximum atomic E-state index is 12.2. The van der Waals surface area contributed by atoms with Crippen molar-refractivity contribution in [3.63, 3.8) is 0 Å². The van der Waals surface area contributed by atoms with Crippen LogP contribution in [0.3, 0.4) is 0 Å². The zero-order valence-electron chi connectivity index (χ0n) is 11.8. The minimum Gasteiger partial charge on any atom is -0.348 e. The van der Waals surface area contributed by atoms with Gasteiger partial charge in [-0.05, 0) is 80.4 Å². The third-order valence-corrected chi connectivity index (χ3v) is 4.80. The zero-order chi connectivity index (χ0) is 15.4. The number of thiophene rings is 1. The van der Waals surface area contributed by atoms with Crippen LogP contribution in [0.2, 0.25) is 0 Å². The summed E-state index contributed by atoms with van der Waals surface area (Å²) in [6.07, 6.45) is 0. The van der Waals surface area contributed by atoms with Gasteiger partial charge in [0.15, 0.2) is 0 Å². The summed E-state index contributed by atoms with van der Waals surface area (Å²) in [5.74, 6) is -0.0449. The molecule has 0 aliphatic carbocycles. The average Bonchev–Trinajstić information content (AvgIpc) is 3.08. The van der Waals surface area contributed by atoms with Crippen molar-refractivity contribution in [3.05, 3.63) is 80.1 Å². The van der Waals surface area contributed by atoms with Crippen molar-refractivity contribution in [1.82, 2.24) is 5.32 Å². The molecule has 0 aliphatic heterocycles. The lowest BCUT2D eigenvalue weighted by atomic mass is 10.0. The van der Waals surface area contributed by atoms with E-state index in [2.05, 4.69) is 56.9 Å². The lowest BCUT2D eigenvalue weighted by molar-refractivity contribution is 0.0951. The highest BCUT2D eigenvalue weighted by atomic mass is 127. The number of halogens is 1. The van der Waals surface area contributed by atoms with Gasteiger partial charge >= 0.3 is 0 Å². The standard InChI is InChI=1S/C18H14INOS/c19-16-7-5-13(6-8-16)18(21)20-11-14-3-1-2-4-17(14)15-9-10-22-12-15/h1-10,12H,11H2,(H,20,21). The molecule has 22 heavy (non-hydrogen) atoms. The Kier molecular flexibility index (Phi) is 4.90. The van der Waals surface area contributed by atoms with Gasteiger partial charge in [0.2, 0.25) is 0 Å². The van der Waals surface area contributed by atoms with Gasteiger partial charge in [0, 0.05) is 15.7 Å². The lowest BCUT2D eigenvalue weighted by Gasteiger charge is -2.10. The van der Waals surface area contributed by atoms with E-state index in [1.54, 1.807) is 11.3 Å². The fourth-order valence-electron chi connectivity index (χ4n) is 2.25. The van der Waals surface area contributed by atoms with Crippen molar-refractivity contribution in [2.24, 2.45) is 0 Å². The van der Waals surface area contributed by atoms with Crippen molar-refractivity contribution in [3.8, 4) is 11.1 Å². The van der Waals surface area contributed by atoms with E-state index in [0.717, 1.165) is 9.13 Å². The molecule has 1 aromatic heterocycles. The van der Waals surface area contributed by atoms with Crippen LogP contribution < -0.4 is 5.32 Å². The zero-order valence-corrected chi connectivity index (χ0v) is 14.7. The van der Waals surface area contributed by atoms with Gasteiger partial charge < -0.3 is 5.32 Å². The highest BCUT2D eigenvalue weighted by molar-refractivity contribution is 14.1. The van der Waals surface area contributed by atoms with E-state index in [4.69, 9.17) is 0 Å². The van der Waals surface area contributed by atoms with E-state index in [1.807, 2.05) is 36.4 Å². The summed E-state index contributed by atoms with van der Waals surface area (Å²) < 4.78 is 1.12. The van der Waals surface area contributed by atoms with Gasteiger partial charge in [-0.1, -0.05) is 24.3 Å². The highest BCUT2D eigenvalue weighted by Gasteiger charge is 2.08. The third kappa shape index (κ3) is 3.56. The molecule has 1 amide bonds. The molecule has 0 spiro atoms. The van der Waals surface area contributed by atoms with Gasteiger partial charge in [0.05, 0.1) is 0 Å². The molecule has 0 saturated carbocycles. The Morgan fingerprint density at radius 3 is 2.55 bits per heavy atom. The summed E-state index contributed by atoms with van der Waals surface area (Å²) in [4.78, 5) is 12.2. The number of benzene rings is 2.